The Balaban J connectivity index is 1.67. The Labute approximate surface area is 163 Å². The van der Waals surface area contributed by atoms with Gasteiger partial charge in [0.2, 0.25) is 0 Å². The zero-order chi connectivity index (χ0) is 19.9. The summed E-state index contributed by atoms with van der Waals surface area (Å²) in [5, 5.41) is 6.53. The molecular weight excluding hydrogens is 356 g/mol. The molecular formula is C21H22N4O3. The zero-order valence-corrected chi connectivity index (χ0v) is 16.0. The molecule has 0 bridgehead atoms. The fourth-order valence-corrected chi connectivity index (χ4v) is 2.61. The van der Waals surface area contributed by atoms with E-state index in [9.17, 15) is 4.79 Å². The van der Waals surface area contributed by atoms with Crippen molar-refractivity contribution < 1.29 is 14.3 Å². The van der Waals surface area contributed by atoms with Gasteiger partial charge in [0.15, 0.2) is 0 Å². The average molecular weight is 378 g/mol. The summed E-state index contributed by atoms with van der Waals surface area (Å²) in [6, 6.07) is 16.7. The number of carbonyl (C=O) groups is 1. The highest BCUT2D eigenvalue weighted by Gasteiger charge is 2.06. The molecule has 1 heterocycles. The van der Waals surface area contributed by atoms with Crippen LogP contribution in [0, 0.1) is 6.92 Å². The monoisotopic (exact) mass is 378 g/mol. The molecule has 0 aliphatic rings. The van der Waals surface area contributed by atoms with Crippen LogP contribution < -0.4 is 15.4 Å². The van der Waals surface area contributed by atoms with Crippen molar-refractivity contribution in [1.82, 2.24) is 9.97 Å². The maximum absolute atomic E-state index is 11.5. The zero-order valence-electron chi connectivity index (χ0n) is 16.0. The quantitative estimate of drug-likeness (QED) is 0.602. The van der Waals surface area contributed by atoms with E-state index in [-0.39, 0.29) is 5.97 Å². The van der Waals surface area contributed by atoms with Crippen LogP contribution in [0.2, 0.25) is 0 Å². The van der Waals surface area contributed by atoms with E-state index in [1.807, 2.05) is 37.3 Å². The van der Waals surface area contributed by atoms with Crippen molar-refractivity contribution in [2.45, 2.75) is 13.5 Å². The Hall–Kier alpha value is -3.61. The molecule has 0 saturated heterocycles. The molecule has 3 aromatic rings. The SMILES string of the molecule is COC(=O)c1ccc(Nc2cc(NCc3ccc(OC)cc3)nc(C)n2)cc1. The highest BCUT2D eigenvalue weighted by atomic mass is 16.5. The van der Waals surface area contributed by atoms with E-state index >= 15 is 0 Å². The van der Waals surface area contributed by atoms with Crippen molar-refractivity contribution in [3.05, 3.63) is 71.5 Å². The number of rotatable bonds is 7. The first-order valence-corrected chi connectivity index (χ1v) is 8.75. The second kappa shape index (κ2) is 8.85. The molecule has 0 aliphatic carbocycles. The third-order valence-corrected chi connectivity index (χ3v) is 4.05. The number of benzene rings is 2. The van der Waals surface area contributed by atoms with Crippen LogP contribution >= 0.6 is 0 Å². The van der Waals surface area contributed by atoms with Gasteiger partial charge in [-0.15, -0.1) is 0 Å². The van der Waals surface area contributed by atoms with E-state index in [0.29, 0.717) is 23.8 Å². The predicted molar refractivity (Wildman–Crippen MR) is 108 cm³/mol. The maximum atomic E-state index is 11.5. The largest absolute Gasteiger partial charge is 0.497 e. The summed E-state index contributed by atoms with van der Waals surface area (Å²) in [6.07, 6.45) is 0. The van der Waals surface area contributed by atoms with Gasteiger partial charge >= 0.3 is 5.97 Å². The maximum Gasteiger partial charge on any atom is 0.337 e. The number of ether oxygens (including phenoxy) is 2. The Bertz CT molecular complexity index is 941. The number of hydrogen-bond donors (Lipinski definition) is 2. The number of aromatic nitrogens is 2. The molecule has 2 aromatic carbocycles. The lowest BCUT2D eigenvalue weighted by Gasteiger charge is -2.11. The lowest BCUT2D eigenvalue weighted by molar-refractivity contribution is 0.0601. The van der Waals surface area contributed by atoms with Gasteiger partial charge in [-0.1, -0.05) is 12.1 Å². The first kappa shape index (κ1) is 19.2. The summed E-state index contributed by atoms with van der Waals surface area (Å²) in [4.78, 5) is 20.4. The van der Waals surface area contributed by atoms with Gasteiger partial charge in [0.05, 0.1) is 19.8 Å². The van der Waals surface area contributed by atoms with Gasteiger partial charge in [0, 0.05) is 18.3 Å². The van der Waals surface area contributed by atoms with Gasteiger partial charge in [0.25, 0.3) is 0 Å². The van der Waals surface area contributed by atoms with Crippen LogP contribution in [0.25, 0.3) is 0 Å². The van der Waals surface area contributed by atoms with Gasteiger partial charge in [-0.3, -0.25) is 0 Å². The molecule has 0 spiro atoms. The number of anilines is 3. The Morgan fingerprint density at radius 3 is 2.29 bits per heavy atom. The molecule has 1 aromatic heterocycles. The molecule has 0 atom stereocenters. The number of nitrogens with one attached hydrogen (secondary N) is 2. The Morgan fingerprint density at radius 1 is 0.964 bits per heavy atom. The topological polar surface area (TPSA) is 85.4 Å². The van der Waals surface area contributed by atoms with Crippen molar-refractivity contribution in [1.29, 1.82) is 0 Å². The average Bonchev–Trinajstić information content (AvgIpc) is 2.72. The van der Waals surface area contributed by atoms with Gasteiger partial charge in [-0.2, -0.15) is 0 Å². The van der Waals surface area contributed by atoms with Crippen molar-refractivity contribution in [3.63, 3.8) is 0 Å². The van der Waals surface area contributed by atoms with Crippen molar-refractivity contribution in [2.24, 2.45) is 0 Å². The standard InChI is InChI=1S/C21H22N4O3/c1-14-23-19(22-13-15-4-10-18(27-2)11-5-15)12-20(24-14)25-17-8-6-16(7-9-17)21(26)28-3/h4-12H,13H2,1-3H3,(H2,22,23,24,25). The summed E-state index contributed by atoms with van der Waals surface area (Å²) in [7, 11) is 3.01. The molecule has 0 radical (unpaired) electrons. The molecule has 0 saturated carbocycles. The predicted octanol–water partition coefficient (Wildman–Crippen LogP) is 3.94. The molecule has 7 nitrogen and oxygen atoms in total. The minimum Gasteiger partial charge on any atom is -0.497 e. The minimum atomic E-state index is -0.366. The number of hydrogen-bond acceptors (Lipinski definition) is 7. The van der Waals surface area contributed by atoms with Crippen LogP contribution in [0.4, 0.5) is 17.3 Å². The molecule has 3 rings (SSSR count). The van der Waals surface area contributed by atoms with Crippen LogP contribution in [0.5, 0.6) is 5.75 Å². The summed E-state index contributed by atoms with van der Waals surface area (Å²) in [5.74, 6) is 2.49. The first-order chi connectivity index (χ1) is 13.6. The molecule has 0 fully saturated rings. The summed E-state index contributed by atoms with van der Waals surface area (Å²) in [5.41, 5.74) is 2.42. The third-order valence-electron chi connectivity index (χ3n) is 4.05. The van der Waals surface area contributed by atoms with Crippen LogP contribution in [0.15, 0.2) is 54.6 Å². The summed E-state index contributed by atoms with van der Waals surface area (Å²) >= 11 is 0. The van der Waals surface area contributed by atoms with Crippen LogP contribution in [0.1, 0.15) is 21.7 Å². The third kappa shape index (κ3) is 4.97. The van der Waals surface area contributed by atoms with Crippen molar-refractivity contribution in [3.8, 4) is 5.75 Å². The normalized spacial score (nSPS) is 10.2. The molecule has 0 unspecified atom stereocenters. The molecule has 144 valence electrons. The molecule has 2 N–H and O–H groups in total. The number of aryl methyl sites for hydroxylation is 1. The molecule has 0 amide bonds. The minimum absolute atomic E-state index is 0.366. The number of carbonyl (C=O) groups excluding carboxylic acids is 1. The van der Waals surface area contributed by atoms with E-state index in [1.165, 1.54) is 7.11 Å². The second-order valence-electron chi connectivity index (χ2n) is 6.08. The smallest absolute Gasteiger partial charge is 0.337 e. The van der Waals surface area contributed by atoms with E-state index in [0.717, 1.165) is 22.8 Å². The Morgan fingerprint density at radius 2 is 1.64 bits per heavy atom. The number of nitrogens with zero attached hydrogens (tertiary/aromatic N) is 2. The van der Waals surface area contributed by atoms with Gasteiger partial charge in [0.1, 0.15) is 23.2 Å². The lowest BCUT2D eigenvalue weighted by atomic mass is 10.2. The van der Waals surface area contributed by atoms with Crippen LogP contribution in [0.3, 0.4) is 0 Å². The van der Waals surface area contributed by atoms with E-state index in [2.05, 4.69) is 20.6 Å². The van der Waals surface area contributed by atoms with Crippen molar-refractivity contribution in [2.75, 3.05) is 24.9 Å². The second-order valence-corrected chi connectivity index (χ2v) is 6.08. The van der Waals surface area contributed by atoms with E-state index < -0.39 is 0 Å². The fraction of sp³-hybridized carbons (Fsp3) is 0.190. The number of esters is 1. The van der Waals surface area contributed by atoms with Gasteiger partial charge < -0.3 is 20.1 Å². The highest BCUT2D eigenvalue weighted by molar-refractivity contribution is 5.89. The summed E-state index contributed by atoms with van der Waals surface area (Å²) < 4.78 is 9.88. The summed E-state index contributed by atoms with van der Waals surface area (Å²) in [6.45, 7) is 2.47. The van der Waals surface area contributed by atoms with E-state index in [1.54, 1.807) is 31.4 Å². The number of methoxy groups -OCH3 is 2. The van der Waals surface area contributed by atoms with E-state index in [4.69, 9.17) is 9.47 Å². The van der Waals surface area contributed by atoms with Crippen LogP contribution in [-0.2, 0) is 11.3 Å². The lowest BCUT2D eigenvalue weighted by Crippen LogP contribution is -2.05. The highest BCUT2D eigenvalue weighted by Crippen LogP contribution is 2.19. The van der Waals surface area contributed by atoms with Crippen LogP contribution in [-0.4, -0.2) is 30.2 Å². The molecule has 0 aliphatic heterocycles. The molecule has 7 heteroatoms. The Kier molecular flexibility index (Phi) is 6.06. The van der Waals surface area contributed by atoms with Crippen molar-refractivity contribution >= 4 is 23.3 Å². The van der Waals surface area contributed by atoms with Gasteiger partial charge in [-0.25, -0.2) is 14.8 Å². The van der Waals surface area contributed by atoms with Gasteiger partial charge in [-0.05, 0) is 48.9 Å². The first-order valence-electron chi connectivity index (χ1n) is 8.75. The molecule has 28 heavy (non-hydrogen) atoms. The fourth-order valence-electron chi connectivity index (χ4n) is 2.61.